The SMILES string of the molecule is CC(C)COc1cccc(C(=O)NCCCN2CCCC2=O)c1. The number of rotatable bonds is 8. The number of likely N-dealkylation sites (tertiary alicyclic amines) is 1. The quantitative estimate of drug-likeness (QED) is 0.749. The average molecular weight is 318 g/mol. The molecule has 0 spiro atoms. The van der Waals surface area contributed by atoms with Gasteiger partial charge >= 0.3 is 0 Å². The molecule has 2 rings (SSSR count). The van der Waals surface area contributed by atoms with E-state index in [1.807, 2.05) is 17.0 Å². The molecule has 0 radical (unpaired) electrons. The summed E-state index contributed by atoms with van der Waals surface area (Å²) >= 11 is 0. The summed E-state index contributed by atoms with van der Waals surface area (Å²) in [5, 5.41) is 2.90. The molecule has 23 heavy (non-hydrogen) atoms. The van der Waals surface area contributed by atoms with Gasteiger partial charge in [-0.2, -0.15) is 0 Å². The van der Waals surface area contributed by atoms with Crippen molar-refractivity contribution in [1.29, 1.82) is 0 Å². The molecule has 5 heteroatoms. The van der Waals surface area contributed by atoms with Crippen LogP contribution in [0, 0.1) is 5.92 Å². The number of nitrogens with zero attached hydrogens (tertiary/aromatic N) is 1. The Bertz CT molecular complexity index is 543. The summed E-state index contributed by atoms with van der Waals surface area (Å²) in [6, 6.07) is 7.23. The highest BCUT2D eigenvalue weighted by molar-refractivity contribution is 5.94. The Balaban J connectivity index is 1.74. The molecule has 1 aliphatic heterocycles. The molecule has 1 aromatic rings. The van der Waals surface area contributed by atoms with Crippen LogP contribution < -0.4 is 10.1 Å². The van der Waals surface area contributed by atoms with Gasteiger partial charge in [0, 0.05) is 31.6 Å². The van der Waals surface area contributed by atoms with Crippen molar-refractivity contribution in [2.45, 2.75) is 33.1 Å². The van der Waals surface area contributed by atoms with Gasteiger partial charge in [-0.1, -0.05) is 19.9 Å². The Morgan fingerprint density at radius 1 is 1.39 bits per heavy atom. The summed E-state index contributed by atoms with van der Waals surface area (Å²) in [5.74, 6) is 1.29. The van der Waals surface area contributed by atoms with E-state index in [0.717, 1.165) is 25.9 Å². The van der Waals surface area contributed by atoms with E-state index in [2.05, 4.69) is 19.2 Å². The van der Waals surface area contributed by atoms with Crippen molar-refractivity contribution in [2.24, 2.45) is 5.92 Å². The molecule has 2 amide bonds. The van der Waals surface area contributed by atoms with E-state index in [-0.39, 0.29) is 11.8 Å². The van der Waals surface area contributed by atoms with Gasteiger partial charge < -0.3 is 15.0 Å². The van der Waals surface area contributed by atoms with Crippen LogP contribution in [0.5, 0.6) is 5.75 Å². The summed E-state index contributed by atoms with van der Waals surface area (Å²) in [6.07, 6.45) is 2.39. The topological polar surface area (TPSA) is 58.6 Å². The Morgan fingerprint density at radius 3 is 2.91 bits per heavy atom. The molecule has 1 aromatic carbocycles. The second-order valence-corrected chi connectivity index (χ2v) is 6.33. The van der Waals surface area contributed by atoms with E-state index >= 15 is 0 Å². The summed E-state index contributed by atoms with van der Waals surface area (Å²) in [6.45, 7) is 6.94. The molecule has 1 aliphatic rings. The van der Waals surface area contributed by atoms with Crippen LogP contribution in [-0.4, -0.2) is 43.0 Å². The number of hydrogen-bond acceptors (Lipinski definition) is 3. The number of hydrogen-bond donors (Lipinski definition) is 1. The summed E-state index contributed by atoms with van der Waals surface area (Å²) < 4.78 is 5.64. The van der Waals surface area contributed by atoms with Crippen LogP contribution in [0.25, 0.3) is 0 Å². The Kier molecular flexibility index (Phi) is 6.44. The predicted octanol–water partition coefficient (Wildman–Crippen LogP) is 2.46. The zero-order chi connectivity index (χ0) is 16.7. The van der Waals surface area contributed by atoms with Crippen molar-refractivity contribution in [3.63, 3.8) is 0 Å². The molecule has 0 bridgehead atoms. The lowest BCUT2D eigenvalue weighted by molar-refractivity contribution is -0.127. The minimum Gasteiger partial charge on any atom is -0.493 e. The fourth-order valence-corrected chi connectivity index (χ4v) is 2.50. The minimum absolute atomic E-state index is 0.104. The van der Waals surface area contributed by atoms with E-state index in [9.17, 15) is 9.59 Å². The number of carbonyl (C=O) groups is 2. The molecule has 0 atom stereocenters. The second kappa shape index (κ2) is 8.56. The number of ether oxygens (including phenoxy) is 1. The minimum atomic E-state index is -0.104. The molecule has 126 valence electrons. The van der Waals surface area contributed by atoms with E-state index in [1.165, 1.54) is 0 Å². The third-order valence-electron chi connectivity index (χ3n) is 3.74. The largest absolute Gasteiger partial charge is 0.493 e. The summed E-state index contributed by atoms with van der Waals surface area (Å²) in [7, 11) is 0. The van der Waals surface area contributed by atoms with Gasteiger partial charge in [-0.05, 0) is 37.0 Å². The zero-order valence-corrected chi connectivity index (χ0v) is 14.0. The first-order chi connectivity index (χ1) is 11.1. The molecule has 1 saturated heterocycles. The van der Waals surface area contributed by atoms with E-state index in [0.29, 0.717) is 36.8 Å². The van der Waals surface area contributed by atoms with E-state index in [1.54, 1.807) is 12.1 Å². The second-order valence-electron chi connectivity index (χ2n) is 6.33. The zero-order valence-electron chi connectivity index (χ0n) is 14.0. The van der Waals surface area contributed by atoms with Crippen LogP contribution in [0.3, 0.4) is 0 Å². The predicted molar refractivity (Wildman–Crippen MR) is 89.5 cm³/mol. The monoisotopic (exact) mass is 318 g/mol. The standard InChI is InChI=1S/C18H26N2O3/c1-14(2)13-23-16-7-3-6-15(12-16)18(22)19-9-5-11-20-10-4-8-17(20)21/h3,6-7,12,14H,4-5,8-11,13H2,1-2H3,(H,19,22). The third-order valence-corrected chi connectivity index (χ3v) is 3.74. The maximum absolute atomic E-state index is 12.1. The van der Waals surface area contributed by atoms with Gasteiger partial charge in [-0.25, -0.2) is 0 Å². The van der Waals surface area contributed by atoms with Crippen LogP contribution in [0.2, 0.25) is 0 Å². The molecular weight excluding hydrogens is 292 g/mol. The number of carbonyl (C=O) groups excluding carboxylic acids is 2. The molecule has 0 unspecified atom stereocenters. The van der Waals surface area contributed by atoms with Crippen molar-refractivity contribution >= 4 is 11.8 Å². The Morgan fingerprint density at radius 2 is 2.22 bits per heavy atom. The molecule has 5 nitrogen and oxygen atoms in total. The average Bonchev–Trinajstić information content (AvgIpc) is 2.95. The van der Waals surface area contributed by atoms with E-state index in [4.69, 9.17) is 4.74 Å². The van der Waals surface area contributed by atoms with Gasteiger partial charge in [0.05, 0.1) is 6.61 Å². The highest BCUT2D eigenvalue weighted by Crippen LogP contribution is 2.14. The maximum atomic E-state index is 12.1. The smallest absolute Gasteiger partial charge is 0.251 e. The van der Waals surface area contributed by atoms with Crippen molar-refractivity contribution in [2.75, 3.05) is 26.2 Å². The first-order valence-electron chi connectivity index (χ1n) is 8.35. The highest BCUT2D eigenvalue weighted by Gasteiger charge is 2.19. The molecule has 0 aromatic heterocycles. The van der Waals surface area contributed by atoms with Crippen LogP contribution in [-0.2, 0) is 4.79 Å². The van der Waals surface area contributed by atoms with Gasteiger partial charge in [0.25, 0.3) is 5.91 Å². The number of nitrogens with one attached hydrogen (secondary N) is 1. The van der Waals surface area contributed by atoms with Crippen LogP contribution in [0.1, 0.15) is 43.5 Å². The molecular formula is C18H26N2O3. The van der Waals surface area contributed by atoms with Crippen molar-refractivity contribution in [3.05, 3.63) is 29.8 Å². The lowest BCUT2D eigenvalue weighted by Gasteiger charge is -2.15. The first kappa shape index (κ1) is 17.3. The van der Waals surface area contributed by atoms with Crippen molar-refractivity contribution in [1.82, 2.24) is 10.2 Å². The Hall–Kier alpha value is -2.04. The molecule has 1 heterocycles. The fraction of sp³-hybridized carbons (Fsp3) is 0.556. The number of amides is 2. The van der Waals surface area contributed by atoms with Crippen molar-refractivity contribution in [3.8, 4) is 5.75 Å². The van der Waals surface area contributed by atoms with Gasteiger partial charge in [-0.3, -0.25) is 9.59 Å². The van der Waals surface area contributed by atoms with Crippen LogP contribution in [0.4, 0.5) is 0 Å². The van der Waals surface area contributed by atoms with Gasteiger partial charge in [0.15, 0.2) is 0 Å². The third kappa shape index (κ3) is 5.58. The van der Waals surface area contributed by atoms with Crippen LogP contribution in [0.15, 0.2) is 24.3 Å². The first-order valence-corrected chi connectivity index (χ1v) is 8.35. The van der Waals surface area contributed by atoms with Gasteiger partial charge in [0.2, 0.25) is 5.91 Å². The van der Waals surface area contributed by atoms with Gasteiger partial charge in [0.1, 0.15) is 5.75 Å². The maximum Gasteiger partial charge on any atom is 0.251 e. The lowest BCUT2D eigenvalue weighted by Crippen LogP contribution is -2.30. The van der Waals surface area contributed by atoms with Gasteiger partial charge in [-0.15, -0.1) is 0 Å². The lowest BCUT2D eigenvalue weighted by atomic mass is 10.2. The molecule has 1 fully saturated rings. The summed E-state index contributed by atoms with van der Waals surface area (Å²) in [4.78, 5) is 25.5. The molecule has 1 N–H and O–H groups in total. The molecule has 0 saturated carbocycles. The Labute approximate surface area is 138 Å². The highest BCUT2D eigenvalue weighted by atomic mass is 16.5. The molecule has 0 aliphatic carbocycles. The van der Waals surface area contributed by atoms with E-state index < -0.39 is 0 Å². The van der Waals surface area contributed by atoms with Crippen LogP contribution >= 0.6 is 0 Å². The summed E-state index contributed by atoms with van der Waals surface area (Å²) in [5.41, 5.74) is 0.600. The van der Waals surface area contributed by atoms with Crippen molar-refractivity contribution < 1.29 is 14.3 Å². The normalized spacial score (nSPS) is 14.4. The fourth-order valence-electron chi connectivity index (χ4n) is 2.50. The number of benzene rings is 1.